The minimum absolute atomic E-state index is 0.0666. The Bertz CT molecular complexity index is 307. The zero-order valence-corrected chi connectivity index (χ0v) is 10.2. The molecule has 0 N–H and O–H groups in total. The van der Waals surface area contributed by atoms with Crippen LogP contribution in [0, 0.1) is 0 Å². The number of halogens is 1. The summed E-state index contributed by atoms with van der Waals surface area (Å²) in [6, 6.07) is 0. The maximum Gasteiger partial charge on any atom is 0.350 e. The molecule has 0 atom stereocenters. The molecule has 0 unspecified atom stereocenters. The second-order valence-electron chi connectivity index (χ2n) is 2.73. The van der Waals surface area contributed by atoms with Gasteiger partial charge in [-0.25, -0.2) is 9.59 Å². The number of carbonyl (C=O) groups is 2. The molecule has 5 heteroatoms. The molecule has 0 amide bonds. The Kier molecular flexibility index (Phi) is 7.29. The van der Waals surface area contributed by atoms with Crippen molar-refractivity contribution >= 4 is 23.5 Å². The standard InChI is InChI=1S/C11H15ClO4/c1-4-7-8(10(13)15-5-2)9(12)11(14)16-6-3/h4H,1,5-7H2,2-3H3/b9-8-. The van der Waals surface area contributed by atoms with Crippen LogP contribution in [0.25, 0.3) is 0 Å². The summed E-state index contributed by atoms with van der Waals surface area (Å²) in [6.45, 7) is 7.21. The minimum Gasteiger partial charge on any atom is -0.463 e. The van der Waals surface area contributed by atoms with E-state index in [4.69, 9.17) is 16.3 Å². The molecule has 0 radical (unpaired) electrons. The largest absolute Gasteiger partial charge is 0.463 e. The third kappa shape index (κ3) is 4.49. The molecular weight excluding hydrogens is 232 g/mol. The SMILES string of the molecule is C=CC/C(C(=O)OCC)=C(/Cl)C(=O)OCC. The van der Waals surface area contributed by atoms with Gasteiger partial charge in [0.1, 0.15) is 5.03 Å². The van der Waals surface area contributed by atoms with E-state index < -0.39 is 11.9 Å². The zero-order chi connectivity index (χ0) is 12.6. The maximum atomic E-state index is 11.5. The Balaban J connectivity index is 4.97. The van der Waals surface area contributed by atoms with Gasteiger partial charge in [-0.15, -0.1) is 6.58 Å². The fourth-order valence-electron chi connectivity index (χ4n) is 0.943. The molecule has 0 saturated heterocycles. The Labute approximate surface area is 99.9 Å². The molecular formula is C11H15ClO4. The molecule has 0 spiro atoms. The number of rotatable bonds is 6. The van der Waals surface area contributed by atoms with Crippen molar-refractivity contribution in [3.8, 4) is 0 Å². The van der Waals surface area contributed by atoms with Crippen molar-refractivity contribution in [1.29, 1.82) is 0 Å². The fourth-order valence-corrected chi connectivity index (χ4v) is 1.15. The van der Waals surface area contributed by atoms with Crippen molar-refractivity contribution < 1.29 is 19.1 Å². The van der Waals surface area contributed by atoms with Gasteiger partial charge in [-0.1, -0.05) is 17.7 Å². The van der Waals surface area contributed by atoms with E-state index in [-0.39, 0.29) is 30.2 Å². The number of allylic oxidation sites excluding steroid dienone is 1. The molecule has 0 aromatic carbocycles. The highest BCUT2D eigenvalue weighted by molar-refractivity contribution is 6.43. The number of hydrogen-bond acceptors (Lipinski definition) is 4. The fraction of sp³-hybridized carbons (Fsp3) is 0.455. The monoisotopic (exact) mass is 246 g/mol. The number of esters is 2. The van der Waals surface area contributed by atoms with Gasteiger partial charge in [-0.05, 0) is 20.3 Å². The summed E-state index contributed by atoms with van der Waals surface area (Å²) in [5.74, 6) is -1.35. The van der Waals surface area contributed by atoms with Crippen molar-refractivity contribution in [2.45, 2.75) is 20.3 Å². The summed E-state index contributed by atoms with van der Waals surface area (Å²) in [5, 5.41) is -0.250. The first kappa shape index (κ1) is 14.7. The first-order valence-electron chi connectivity index (χ1n) is 4.92. The van der Waals surface area contributed by atoms with Crippen LogP contribution in [0.15, 0.2) is 23.3 Å². The van der Waals surface area contributed by atoms with E-state index >= 15 is 0 Å². The van der Waals surface area contributed by atoms with Crippen molar-refractivity contribution in [3.05, 3.63) is 23.3 Å². The molecule has 90 valence electrons. The Hall–Kier alpha value is -1.29. The third-order valence-corrected chi connectivity index (χ3v) is 1.97. The molecule has 4 nitrogen and oxygen atoms in total. The van der Waals surface area contributed by atoms with E-state index in [9.17, 15) is 9.59 Å². The molecule has 0 aliphatic heterocycles. The summed E-state index contributed by atoms with van der Waals surface area (Å²) in [5.41, 5.74) is 0.0666. The third-order valence-electron chi connectivity index (χ3n) is 1.59. The van der Waals surface area contributed by atoms with Crippen LogP contribution >= 0.6 is 11.6 Å². The Morgan fingerprint density at radius 3 is 2.12 bits per heavy atom. The lowest BCUT2D eigenvalue weighted by Crippen LogP contribution is -2.14. The lowest BCUT2D eigenvalue weighted by atomic mass is 10.1. The molecule has 0 aromatic heterocycles. The van der Waals surface area contributed by atoms with Gasteiger partial charge in [0, 0.05) is 0 Å². The van der Waals surface area contributed by atoms with Gasteiger partial charge in [0.25, 0.3) is 0 Å². The van der Waals surface area contributed by atoms with E-state index in [0.29, 0.717) is 0 Å². The van der Waals surface area contributed by atoms with E-state index in [1.807, 2.05) is 0 Å². The quantitative estimate of drug-likeness (QED) is 0.410. The smallest absolute Gasteiger partial charge is 0.350 e. The Morgan fingerprint density at radius 1 is 1.19 bits per heavy atom. The molecule has 0 bridgehead atoms. The van der Waals surface area contributed by atoms with E-state index in [2.05, 4.69) is 11.3 Å². The van der Waals surface area contributed by atoms with Crippen molar-refractivity contribution in [1.82, 2.24) is 0 Å². The second-order valence-corrected chi connectivity index (χ2v) is 3.10. The van der Waals surface area contributed by atoms with Crippen molar-refractivity contribution in [2.24, 2.45) is 0 Å². The van der Waals surface area contributed by atoms with E-state index in [0.717, 1.165) is 0 Å². The van der Waals surface area contributed by atoms with Crippen LogP contribution < -0.4 is 0 Å². The first-order valence-corrected chi connectivity index (χ1v) is 5.30. The molecule has 0 aliphatic rings. The normalized spacial score (nSPS) is 11.4. The molecule has 0 fully saturated rings. The zero-order valence-electron chi connectivity index (χ0n) is 9.42. The van der Waals surface area contributed by atoms with Gasteiger partial charge in [0.15, 0.2) is 0 Å². The van der Waals surface area contributed by atoms with Gasteiger partial charge in [-0.3, -0.25) is 0 Å². The van der Waals surface area contributed by atoms with Crippen LogP contribution in [-0.4, -0.2) is 25.2 Å². The topological polar surface area (TPSA) is 52.6 Å². The predicted octanol–water partition coefficient (Wildman–Crippen LogP) is 2.18. The lowest BCUT2D eigenvalue weighted by Gasteiger charge is -2.07. The van der Waals surface area contributed by atoms with E-state index in [1.165, 1.54) is 6.08 Å². The highest BCUT2D eigenvalue weighted by Gasteiger charge is 2.20. The number of ether oxygens (including phenoxy) is 2. The number of hydrogen-bond donors (Lipinski definition) is 0. The van der Waals surface area contributed by atoms with Gasteiger partial charge in [0.05, 0.1) is 18.8 Å². The van der Waals surface area contributed by atoms with Crippen LogP contribution in [0.3, 0.4) is 0 Å². The van der Waals surface area contributed by atoms with Crippen LogP contribution in [0.5, 0.6) is 0 Å². The lowest BCUT2D eigenvalue weighted by molar-refractivity contribution is -0.141. The second kappa shape index (κ2) is 7.93. The first-order chi connectivity index (χ1) is 7.58. The van der Waals surface area contributed by atoms with Crippen LogP contribution in [0.4, 0.5) is 0 Å². The summed E-state index contributed by atoms with van der Waals surface area (Å²) < 4.78 is 9.46. The van der Waals surface area contributed by atoms with Gasteiger partial charge in [-0.2, -0.15) is 0 Å². The molecule has 0 aliphatic carbocycles. The van der Waals surface area contributed by atoms with Crippen LogP contribution in [-0.2, 0) is 19.1 Å². The highest BCUT2D eigenvalue weighted by atomic mass is 35.5. The predicted molar refractivity (Wildman–Crippen MR) is 61.0 cm³/mol. The van der Waals surface area contributed by atoms with Crippen LogP contribution in [0.2, 0.25) is 0 Å². The molecule has 0 saturated carbocycles. The summed E-state index contributed by atoms with van der Waals surface area (Å²) in [6.07, 6.45) is 1.63. The molecule has 0 rings (SSSR count). The van der Waals surface area contributed by atoms with Crippen molar-refractivity contribution in [2.75, 3.05) is 13.2 Å². The summed E-state index contributed by atoms with van der Waals surface area (Å²) >= 11 is 5.74. The van der Waals surface area contributed by atoms with Gasteiger partial charge >= 0.3 is 11.9 Å². The minimum atomic E-state index is -0.728. The summed E-state index contributed by atoms with van der Waals surface area (Å²) in [4.78, 5) is 22.8. The molecule has 0 heterocycles. The number of carbonyl (C=O) groups excluding carboxylic acids is 2. The van der Waals surface area contributed by atoms with Gasteiger partial charge in [0.2, 0.25) is 0 Å². The van der Waals surface area contributed by atoms with Gasteiger partial charge < -0.3 is 9.47 Å². The molecule has 16 heavy (non-hydrogen) atoms. The van der Waals surface area contributed by atoms with Crippen molar-refractivity contribution in [3.63, 3.8) is 0 Å². The Morgan fingerprint density at radius 2 is 1.69 bits per heavy atom. The van der Waals surface area contributed by atoms with Crippen LogP contribution in [0.1, 0.15) is 20.3 Å². The maximum absolute atomic E-state index is 11.5. The molecule has 0 aromatic rings. The average Bonchev–Trinajstić information content (AvgIpc) is 2.25. The summed E-state index contributed by atoms with van der Waals surface area (Å²) in [7, 11) is 0. The van der Waals surface area contributed by atoms with E-state index in [1.54, 1.807) is 13.8 Å². The highest BCUT2D eigenvalue weighted by Crippen LogP contribution is 2.17. The average molecular weight is 247 g/mol.